The largest absolute Gasteiger partial charge is 0.343 e. The van der Waals surface area contributed by atoms with Gasteiger partial charge in [0.1, 0.15) is 0 Å². The van der Waals surface area contributed by atoms with Crippen molar-refractivity contribution in [2.24, 2.45) is 0 Å². The average Bonchev–Trinajstić information content (AvgIpc) is 2.27. The normalized spacial score (nSPS) is 19.8. The van der Waals surface area contributed by atoms with Gasteiger partial charge in [-0.05, 0) is 38.2 Å². The molecule has 0 aromatic heterocycles. The van der Waals surface area contributed by atoms with Gasteiger partial charge in [-0.3, -0.25) is 4.79 Å². The Kier molecular flexibility index (Phi) is 6.21. The predicted octanol–water partition coefficient (Wildman–Crippen LogP) is 1.73. The molecule has 1 fully saturated rings. The summed E-state index contributed by atoms with van der Waals surface area (Å²) in [5.74, 6) is 1.44. The van der Waals surface area contributed by atoms with Crippen LogP contribution in [0.1, 0.15) is 33.1 Å². The fourth-order valence-electron chi connectivity index (χ4n) is 2.14. The smallest absolute Gasteiger partial charge is 0.219 e. The van der Waals surface area contributed by atoms with Crippen molar-refractivity contribution in [3.63, 3.8) is 0 Å². The molecule has 0 radical (unpaired) electrons. The Morgan fingerprint density at radius 2 is 2.12 bits per heavy atom. The summed E-state index contributed by atoms with van der Waals surface area (Å²) in [7, 11) is 0. The highest BCUT2D eigenvalue weighted by atomic mass is 32.2. The summed E-state index contributed by atoms with van der Waals surface area (Å²) in [6.45, 7) is 5.76. The van der Waals surface area contributed by atoms with Crippen LogP contribution in [-0.4, -0.2) is 48.0 Å². The molecule has 3 nitrogen and oxygen atoms in total. The number of rotatable bonds is 5. The van der Waals surface area contributed by atoms with Crippen molar-refractivity contribution in [1.29, 1.82) is 0 Å². The van der Waals surface area contributed by atoms with E-state index in [1.165, 1.54) is 12.2 Å². The molecule has 1 aliphatic heterocycles. The van der Waals surface area contributed by atoms with Crippen molar-refractivity contribution >= 4 is 17.7 Å². The number of thioether (sulfide) groups is 1. The third-order valence-corrected chi connectivity index (χ3v) is 3.86. The number of nitrogens with zero attached hydrogens (tertiary/aromatic N) is 1. The lowest BCUT2D eigenvalue weighted by Crippen LogP contribution is -2.46. The van der Waals surface area contributed by atoms with E-state index in [1.807, 2.05) is 16.7 Å². The van der Waals surface area contributed by atoms with Crippen LogP contribution in [0.3, 0.4) is 0 Å². The molecule has 0 saturated carbocycles. The SMILES string of the molecule is CSCCC(C)NC1CCN(C(C)=O)CC1. The molecule has 1 saturated heterocycles. The molecule has 1 N–H and O–H groups in total. The van der Waals surface area contributed by atoms with Gasteiger partial charge in [-0.15, -0.1) is 0 Å². The first-order chi connectivity index (χ1) is 7.63. The van der Waals surface area contributed by atoms with Crippen LogP contribution in [0.25, 0.3) is 0 Å². The second kappa shape index (κ2) is 7.17. The van der Waals surface area contributed by atoms with Gasteiger partial charge >= 0.3 is 0 Å². The molecular formula is C12H24N2OS. The van der Waals surface area contributed by atoms with Gasteiger partial charge in [-0.25, -0.2) is 0 Å². The molecule has 0 aliphatic carbocycles. The monoisotopic (exact) mass is 244 g/mol. The van der Waals surface area contributed by atoms with Crippen LogP contribution in [0.5, 0.6) is 0 Å². The van der Waals surface area contributed by atoms with Gasteiger partial charge in [0, 0.05) is 32.1 Å². The Morgan fingerprint density at radius 3 is 2.62 bits per heavy atom. The summed E-state index contributed by atoms with van der Waals surface area (Å²) in [5.41, 5.74) is 0. The van der Waals surface area contributed by atoms with Crippen LogP contribution < -0.4 is 5.32 Å². The number of nitrogens with one attached hydrogen (secondary N) is 1. The second-order valence-corrected chi connectivity index (χ2v) is 5.62. The lowest BCUT2D eigenvalue weighted by Gasteiger charge is -2.33. The van der Waals surface area contributed by atoms with Crippen molar-refractivity contribution in [1.82, 2.24) is 10.2 Å². The Labute approximate surface area is 103 Å². The van der Waals surface area contributed by atoms with Crippen LogP contribution in [0, 0.1) is 0 Å². The zero-order chi connectivity index (χ0) is 12.0. The van der Waals surface area contributed by atoms with E-state index in [0.29, 0.717) is 12.1 Å². The van der Waals surface area contributed by atoms with E-state index in [2.05, 4.69) is 18.5 Å². The van der Waals surface area contributed by atoms with Crippen molar-refractivity contribution in [2.45, 2.75) is 45.2 Å². The van der Waals surface area contributed by atoms with Crippen LogP contribution in [0.15, 0.2) is 0 Å². The molecule has 0 aromatic rings. The average molecular weight is 244 g/mol. The highest BCUT2D eigenvalue weighted by Gasteiger charge is 2.21. The summed E-state index contributed by atoms with van der Waals surface area (Å²) in [6, 6.07) is 1.20. The molecule has 0 aromatic carbocycles. The van der Waals surface area contributed by atoms with Crippen LogP contribution in [-0.2, 0) is 4.79 Å². The van der Waals surface area contributed by atoms with Crippen molar-refractivity contribution < 1.29 is 4.79 Å². The van der Waals surface area contributed by atoms with Crippen molar-refractivity contribution in [3.8, 4) is 0 Å². The van der Waals surface area contributed by atoms with E-state index < -0.39 is 0 Å². The first-order valence-corrected chi connectivity index (χ1v) is 7.53. The predicted molar refractivity (Wildman–Crippen MR) is 70.9 cm³/mol. The molecule has 1 amide bonds. The standard InChI is InChI=1S/C12H24N2OS/c1-10(6-9-16-3)13-12-4-7-14(8-5-12)11(2)15/h10,12-13H,4-9H2,1-3H3. The summed E-state index contributed by atoms with van der Waals surface area (Å²) in [6.07, 6.45) is 5.58. The van der Waals surface area contributed by atoms with Crippen LogP contribution >= 0.6 is 11.8 Å². The molecular weight excluding hydrogens is 220 g/mol. The third-order valence-electron chi connectivity index (χ3n) is 3.22. The summed E-state index contributed by atoms with van der Waals surface area (Å²) < 4.78 is 0. The molecule has 4 heteroatoms. The maximum atomic E-state index is 11.2. The molecule has 1 aliphatic rings. The second-order valence-electron chi connectivity index (χ2n) is 4.63. The molecule has 1 atom stereocenters. The maximum Gasteiger partial charge on any atom is 0.219 e. The van der Waals surface area contributed by atoms with Crippen molar-refractivity contribution in [2.75, 3.05) is 25.1 Å². The molecule has 0 spiro atoms. The quantitative estimate of drug-likeness (QED) is 0.799. The first kappa shape index (κ1) is 13.8. The molecule has 1 unspecified atom stereocenters. The van der Waals surface area contributed by atoms with Gasteiger partial charge in [0.2, 0.25) is 5.91 Å². The number of carbonyl (C=O) groups excluding carboxylic acids is 1. The molecule has 0 bridgehead atoms. The third kappa shape index (κ3) is 4.74. The van der Waals surface area contributed by atoms with Crippen LogP contribution in [0.4, 0.5) is 0 Å². The number of hydrogen-bond donors (Lipinski definition) is 1. The minimum absolute atomic E-state index is 0.217. The topological polar surface area (TPSA) is 32.3 Å². The molecule has 1 heterocycles. The zero-order valence-corrected chi connectivity index (χ0v) is 11.5. The minimum Gasteiger partial charge on any atom is -0.343 e. The first-order valence-electron chi connectivity index (χ1n) is 6.14. The van der Waals surface area contributed by atoms with Crippen molar-refractivity contribution in [3.05, 3.63) is 0 Å². The Balaban J connectivity index is 2.18. The van der Waals surface area contributed by atoms with E-state index >= 15 is 0 Å². The highest BCUT2D eigenvalue weighted by molar-refractivity contribution is 7.98. The summed E-state index contributed by atoms with van der Waals surface area (Å²) >= 11 is 1.90. The number of hydrogen-bond acceptors (Lipinski definition) is 3. The maximum absolute atomic E-state index is 11.2. The summed E-state index contributed by atoms with van der Waals surface area (Å²) in [4.78, 5) is 13.1. The van der Waals surface area contributed by atoms with E-state index in [9.17, 15) is 4.79 Å². The fraction of sp³-hybridized carbons (Fsp3) is 0.917. The van der Waals surface area contributed by atoms with Gasteiger partial charge < -0.3 is 10.2 Å². The van der Waals surface area contributed by atoms with E-state index in [4.69, 9.17) is 0 Å². The van der Waals surface area contributed by atoms with Gasteiger partial charge in [-0.2, -0.15) is 11.8 Å². The van der Waals surface area contributed by atoms with Crippen LogP contribution in [0.2, 0.25) is 0 Å². The Morgan fingerprint density at radius 1 is 1.50 bits per heavy atom. The summed E-state index contributed by atoms with van der Waals surface area (Å²) in [5, 5.41) is 3.66. The molecule has 94 valence electrons. The van der Waals surface area contributed by atoms with Gasteiger partial charge in [0.05, 0.1) is 0 Å². The van der Waals surface area contributed by atoms with Gasteiger partial charge in [0.15, 0.2) is 0 Å². The Hall–Kier alpha value is -0.220. The lowest BCUT2D eigenvalue weighted by molar-refractivity contribution is -0.129. The van der Waals surface area contributed by atoms with E-state index in [0.717, 1.165) is 25.9 Å². The zero-order valence-electron chi connectivity index (χ0n) is 10.7. The van der Waals surface area contributed by atoms with E-state index in [-0.39, 0.29) is 5.91 Å². The number of likely N-dealkylation sites (tertiary alicyclic amines) is 1. The molecule has 16 heavy (non-hydrogen) atoms. The minimum atomic E-state index is 0.217. The number of carbonyl (C=O) groups is 1. The Bertz CT molecular complexity index is 215. The fourth-order valence-corrected chi connectivity index (χ4v) is 2.73. The van der Waals surface area contributed by atoms with E-state index in [1.54, 1.807) is 6.92 Å². The van der Waals surface area contributed by atoms with Gasteiger partial charge in [-0.1, -0.05) is 0 Å². The highest BCUT2D eigenvalue weighted by Crippen LogP contribution is 2.12. The number of piperidine rings is 1. The lowest BCUT2D eigenvalue weighted by atomic mass is 10.0. The number of amides is 1. The molecule has 1 rings (SSSR count). The van der Waals surface area contributed by atoms with Gasteiger partial charge in [0.25, 0.3) is 0 Å².